The second-order valence-corrected chi connectivity index (χ2v) is 20.3. The van der Waals surface area contributed by atoms with Crippen LogP contribution < -0.4 is 40.5 Å². The summed E-state index contributed by atoms with van der Waals surface area (Å²) in [6, 6.07) is 32.1. The molecule has 0 spiro atoms. The standard InChI is InChI=1S/C49H36BF12O3P/c1-31-11-4-19-39(25-31)66(40-20-5-12-32(2)26-40,41-21-6-13-33(3)27-41,42-22-9-16-36(30-42)48(57,58)59)45-43(49(60,61)62)23-10-24-44(45)65-50(63-37-17-7-14-34(28-37)46(51,52)53)64-38-18-8-15-35(29-38)47(54,55)56/h4-30H,1-3H3. The van der Waals surface area contributed by atoms with E-state index in [0.29, 0.717) is 41.0 Å². The van der Waals surface area contributed by atoms with Gasteiger partial charge in [-0.3, -0.25) is 0 Å². The molecule has 0 aromatic heterocycles. The second kappa shape index (κ2) is 17.4. The van der Waals surface area contributed by atoms with Gasteiger partial charge in [-0.25, -0.2) is 0 Å². The third kappa shape index (κ3) is 8.95. The van der Waals surface area contributed by atoms with Gasteiger partial charge in [0.15, 0.2) is 0 Å². The van der Waals surface area contributed by atoms with Crippen LogP contribution in [0.5, 0.6) is 17.2 Å². The van der Waals surface area contributed by atoms with Crippen LogP contribution in [0.25, 0.3) is 0 Å². The molecule has 7 aromatic carbocycles. The molecular formula is C49H36BF12O3P. The van der Waals surface area contributed by atoms with E-state index in [0.717, 1.165) is 60.7 Å². The summed E-state index contributed by atoms with van der Waals surface area (Å²) < 4.78 is 196. The van der Waals surface area contributed by atoms with E-state index in [4.69, 9.17) is 14.0 Å². The van der Waals surface area contributed by atoms with E-state index < -0.39 is 83.4 Å². The Hall–Kier alpha value is -6.41. The summed E-state index contributed by atoms with van der Waals surface area (Å²) in [6.07, 6.45) is -20.2. The molecule has 66 heavy (non-hydrogen) atoms. The Morgan fingerprint density at radius 3 is 1.09 bits per heavy atom. The van der Waals surface area contributed by atoms with Crippen molar-refractivity contribution in [2.75, 3.05) is 0 Å². The van der Waals surface area contributed by atoms with E-state index in [-0.39, 0.29) is 21.2 Å². The van der Waals surface area contributed by atoms with E-state index in [1.807, 2.05) is 0 Å². The number of hydrogen-bond acceptors (Lipinski definition) is 3. The summed E-state index contributed by atoms with van der Waals surface area (Å²) in [7, 11) is -2.46. The molecule has 3 nitrogen and oxygen atoms in total. The fourth-order valence-electron chi connectivity index (χ4n) is 8.29. The SMILES string of the molecule is Cc1cccc(P(c2cccc(C)c2)(c2cccc(C)c2)(c2cccc(C(F)(F)F)c2)c2c(OB(Oc3cccc(C(F)(F)F)c3)Oc3cccc(C(F)(F)F)c3)cccc2C(F)(F)F)c1. The van der Waals surface area contributed by atoms with E-state index in [1.165, 1.54) is 24.3 Å². The number of hydrogen-bond donors (Lipinski definition) is 0. The number of rotatable bonds is 11. The monoisotopic (exact) mass is 942 g/mol. The van der Waals surface area contributed by atoms with Crippen LogP contribution >= 0.6 is 6.60 Å². The first kappa shape index (κ1) is 47.6. The molecule has 0 atom stereocenters. The van der Waals surface area contributed by atoms with Crippen LogP contribution in [-0.4, -0.2) is 7.32 Å². The first-order valence-corrected chi connectivity index (χ1v) is 22.1. The number of alkyl halides is 12. The Balaban J connectivity index is 1.70. The van der Waals surface area contributed by atoms with Crippen LogP contribution in [0.4, 0.5) is 52.7 Å². The maximum absolute atomic E-state index is 16.4. The van der Waals surface area contributed by atoms with Gasteiger partial charge in [-0.2, -0.15) is 0 Å². The van der Waals surface area contributed by atoms with Gasteiger partial charge < -0.3 is 0 Å². The second-order valence-electron chi connectivity index (χ2n) is 15.5. The molecule has 0 fully saturated rings. The van der Waals surface area contributed by atoms with Crippen molar-refractivity contribution in [3.8, 4) is 17.2 Å². The minimum atomic E-state index is -5.77. The molecular weight excluding hydrogens is 906 g/mol. The summed E-state index contributed by atoms with van der Waals surface area (Å²) in [5.41, 5.74) is -3.56. The van der Waals surface area contributed by atoms with E-state index >= 15 is 26.3 Å². The predicted octanol–water partition coefficient (Wildman–Crippen LogP) is 12.7. The van der Waals surface area contributed by atoms with Crippen LogP contribution in [0.15, 0.2) is 164 Å². The number of aryl methyl sites for hydroxylation is 3. The fraction of sp³-hybridized carbons (Fsp3) is 0.143. The molecule has 0 aliphatic carbocycles. The van der Waals surface area contributed by atoms with Crippen LogP contribution in [0.2, 0.25) is 0 Å². The summed E-state index contributed by atoms with van der Waals surface area (Å²) in [5, 5.41) is -0.595. The Labute approximate surface area is 371 Å². The zero-order valence-electron chi connectivity index (χ0n) is 34.9. The average Bonchev–Trinajstić information content (AvgIpc) is 3.24. The van der Waals surface area contributed by atoms with Gasteiger partial charge in [0, 0.05) is 0 Å². The minimum absolute atomic E-state index is 0.118. The molecule has 0 bridgehead atoms. The molecule has 0 N–H and O–H groups in total. The Morgan fingerprint density at radius 2 is 0.712 bits per heavy atom. The van der Waals surface area contributed by atoms with Crippen molar-refractivity contribution in [2.45, 2.75) is 45.5 Å². The fourth-order valence-corrected chi connectivity index (χ4v) is 15.7. The topological polar surface area (TPSA) is 27.7 Å². The van der Waals surface area contributed by atoms with Gasteiger partial charge in [-0.1, -0.05) is 0 Å². The van der Waals surface area contributed by atoms with Gasteiger partial charge in [-0.15, -0.1) is 0 Å². The molecule has 7 rings (SSSR count). The Bertz CT molecular complexity index is 2720. The van der Waals surface area contributed by atoms with Crippen LogP contribution in [-0.2, 0) is 24.7 Å². The van der Waals surface area contributed by atoms with Crippen molar-refractivity contribution >= 4 is 40.4 Å². The van der Waals surface area contributed by atoms with Gasteiger partial charge in [0.2, 0.25) is 0 Å². The van der Waals surface area contributed by atoms with Crippen LogP contribution in [0.1, 0.15) is 38.9 Å². The van der Waals surface area contributed by atoms with Crippen molar-refractivity contribution in [3.05, 3.63) is 203 Å². The van der Waals surface area contributed by atoms with Gasteiger partial charge in [0.05, 0.1) is 0 Å². The Morgan fingerprint density at radius 1 is 0.364 bits per heavy atom. The van der Waals surface area contributed by atoms with Crippen molar-refractivity contribution in [3.63, 3.8) is 0 Å². The van der Waals surface area contributed by atoms with Gasteiger partial charge >= 0.3 is 373 Å². The number of halogens is 12. The molecule has 0 aliphatic rings. The first-order valence-electron chi connectivity index (χ1n) is 19.9. The zero-order valence-corrected chi connectivity index (χ0v) is 35.8. The predicted molar refractivity (Wildman–Crippen MR) is 232 cm³/mol. The van der Waals surface area contributed by atoms with Gasteiger partial charge in [-0.05, 0) is 0 Å². The third-order valence-electron chi connectivity index (χ3n) is 11.0. The van der Waals surface area contributed by atoms with Crippen molar-refractivity contribution in [1.82, 2.24) is 0 Å². The molecule has 342 valence electrons. The molecule has 7 aromatic rings. The van der Waals surface area contributed by atoms with Crippen LogP contribution in [0, 0.1) is 20.8 Å². The normalized spacial score (nSPS) is 13.1. The summed E-state index contributed by atoms with van der Waals surface area (Å²) in [4.78, 5) is 0. The van der Waals surface area contributed by atoms with Gasteiger partial charge in [0.1, 0.15) is 0 Å². The molecule has 0 amide bonds. The molecule has 0 heterocycles. The van der Waals surface area contributed by atoms with E-state index in [1.54, 1.807) is 75.4 Å². The molecule has 17 heteroatoms. The zero-order chi connectivity index (χ0) is 47.9. The summed E-state index contributed by atoms with van der Waals surface area (Å²) in [6.45, 7) is -0.809. The summed E-state index contributed by atoms with van der Waals surface area (Å²) in [5.74, 6) is -1.99. The maximum atomic E-state index is 16.4. The molecule has 0 saturated heterocycles. The third-order valence-corrected chi connectivity index (χ3v) is 17.6. The molecule has 0 aliphatic heterocycles. The molecule has 0 radical (unpaired) electrons. The number of benzene rings is 7. The van der Waals surface area contributed by atoms with Crippen molar-refractivity contribution < 1.29 is 66.6 Å². The van der Waals surface area contributed by atoms with Gasteiger partial charge in [0.25, 0.3) is 0 Å². The van der Waals surface area contributed by atoms with Crippen LogP contribution in [0.3, 0.4) is 0 Å². The van der Waals surface area contributed by atoms with E-state index in [9.17, 15) is 26.3 Å². The first-order chi connectivity index (χ1) is 30.9. The van der Waals surface area contributed by atoms with Crippen molar-refractivity contribution in [2.24, 2.45) is 0 Å². The quantitative estimate of drug-likeness (QED) is 0.0735. The summed E-state index contributed by atoms with van der Waals surface area (Å²) >= 11 is 0. The van der Waals surface area contributed by atoms with E-state index in [2.05, 4.69) is 0 Å². The average molecular weight is 943 g/mol. The Kier molecular flexibility index (Phi) is 12.6. The molecule has 0 unspecified atom stereocenters. The van der Waals surface area contributed by atoms with Crippen molar-refractivity contribution in [1.29, 1.82) is 0 Å². The molecule has 0 saturated carbocycles.